The highest BCUT2D eigenvalue weighted by Crippen LogP contribution is 2.19. The molecule has 0 unspecified atom stereocenters. The molecule has 0 radical (unpaired) electrons. The Balaban J connectivity index is 2.73. The smallest absolute Gasteiger partial charge is 0.233 e. The maximum Gasteiger partial charge on any atom is 0.233 e. The van der Waals surface area contributed by atoms with Crippen LogP contribution in [0.1, 0.15) is 11.1 Å². The molecule has 98 valence electrons. The van der Waals surface area contributed by atoms with Gasteiger partial charge in [0.05, 0.1) is 6.54 Å². The predicted molar refractivity (Wildman–Crippen MR) is 77.7 cm³/mol. The van der Waals surface area contributed by atoms with Crippen molar-refractivity contribution in [3.05, 3.63) is 34.3 Å². The zero-order valence-corrected chi connectivity index (χ0v) is 11.9. The second-order valence-electron chi connectivity index (χ2n) is 4.02. The number of rotatable bonds is 5. The largest absolute Gasteiger partial charge is 0.389 e. The third-order valence-electron chi connectivity index (χ3n) is 2.47. The lowest BCUT2D eigenvalue weighted by molar-refractivity contribution is -0.121. The quantitative estimate of drug-likeness (QED) is 0.797. The summed E-state index contributed by atoms with van der Waals surface area (Å²) in [5.41, 5.74) is 7.20. The Labute approximate surface area is 117 Å². The molecule has 0 aliphatic heterocycles. The summed E-state index contributed by atoms with van der Waals surface area (Å²) >= 11 is 11.0. The minimum atomic E-state index is -0.0339. The Bertz CT molecular complexity index is 465. The number of thiocarbonyl (C=S) groups is 1. The molecule has 1 aromatic rings. The average Bonchev–Trinajstić information content (AvgIpc) is 2.31. The van der Waals surface area contributed by atoms with Crippen LogP contribution in [0.25, 0.3) is 0 Å². The molecule has 4 nitrogen and oxygen atoms in total. The Kier molecular flexibility index (Phi) is 5.53. The number of carbonyl (C=O) groups excluding carboxylic acids is 1. The fourth-order valence-electron chi connectivity index (χ4n) is 1.50. The maximum absolute atomic E-state index is 11.2. The molecule has 0 saturated carbocycles. The second kappa shape index (κ2) is 6.68. The van der Waals surface area contributed by atoms with Crippen LogP contribution < -0.4 is 11.1 Å². The molecule has 0 atom stereocenters. The van der Waals surface area contributed by atoms with Crippen molar-refractivity contribution >= 4 is 34.7 Å². The number of amides is 1. The molecule has 18 heavy (non-hydrogen) atoms. The van der Waals surface area contributed by atoms with E-state index in [1.807, 2.05) is 24.1 Å². The van der Waals surface area contributed by atoms with Crippen molar-refractivity contribution < 1.29 is 4.79 Å². The van der Waals surface area contributed by atoms with Gasteiger partial charge in [0.25, 0.3) is 0 Å². The molecule has 0 fully saturated rings. The third-order valence-corrected chi connectivity index (χ3v) is 3.06. The van der Waals surface area contributed by atoms with E-state index in [2.05, 4.69) is 5.32 Å². The summed E-state index contributed by atoms with van der Waals surface area (Å²) < 4.78 is 0. The number of likely N-dealkylation sites (N-methyl/N-ethyl adjacent to an activating group) is 2. The van der Waals surface area contributed by atoms with E-state index in [1.54, 1.807) is 13.1 Å². The van der Waals surface area contributed by atoms with E-state index in [4.69, 9.17) is 29.6 Å². The van der Waals surface area contributed by atoms with E-state index in [0.29, 0.717) is 23.1 Å². The van der Waals surface area contributed by atoms with Gasteiger partial charge in [-0.25, -0.2) is 0 Å². The summed E-state index contributed by atoms with van der Waals surface area (Å²) in [6.45, 7) is 0.910. The van der Waals surface area contributed by atoms with Crippen LogP contribution in [-0.2, 0) is 11.3 Å². The molecule has 0 heterocycles. The van der Waals surface area contributed by atoms with Crippen molar-refractivity contribution in [2.45, 2.75) is 6.54 Å². The summed E-state index contributed by atoms with van der Waals surface area (Å²) in [7, 11) is 3.47. The SMILES string of the molecule is CNC(=O)CN(C)Cc1ccc(C(N)=S)cc1Cl. The highest BCUT2D eigenvalue weighted by Gasteiger charge is 2.09. The van der Waals surface area contributed by atoms with E-state index in [9.17, 15) is 4.79 Å². The Morgan fingerprint density at radius 3 is 2.72 bits per heavy atom. The number of nitrogens with two attached hydrogens (primary N) is 1. The van der Waals surface area contributed by atoms with Crippen LogP contribution >= 0.6 is 23.8 Å². The van der Waals surface area contributed by atoms with E-state index < -0.39 is 0 Å². The first kappa shape index (κ1) is 14.9. The first-order valence-corrected chi connectivity index (χ1v) is 6.20. The molecule has 0 spiro atoms. The van der Waals surface area contributed by atoms with Crippen molar-refractivity contribution in [2.24, 2.45) is 5.73 Å². The van der Waals surface area contributed by atoms with Crippen LogP contribution in [0, 0.1) is 0 Å². The molecular weight excluding hydrogens is 270 g/mol. The Morgan fingerprint density at radius 1 is 1.56 bits per heavy atom. The van der Waals surface area contributed by atoms with E-state index in [1.165, 1.54) is 0 Å². The van der Waals surface area contributed by atoms with Gasteiger partial charge in [-0.3, -0.25) is 9.69 Å². The monoisotopic (exact) mass is 285 g/mol. The summed E-state index contributed by atoms with van der Waals surface area (Å²) in [5, 5.41) is 3.17. The minimum absolute atomic E-state index is 0.0339. The van der Waals surface area contributed by atoms with E-state index in [0.717, 1.165) is 11.1 Å². The number of nitrogens with zero attached hydrogens (tertiary/aromatic N) is 1. The van der Waals surface area contributed by atoms with Crippen molar-refractivity contribution in [3.8, 4) is 0 Å². The van der Waals surface area contributed by atoms with Gasteiger partial charge in [-0.2, -0.15) is 0 Å². The Morgan fingerprint density at radius 2 is 2.22 bits per heavy atom. The first-order chi connectivity index (χ1) is 8.43. The standard InChI is InChI=1S/C12H16ClN3OS/c1-15-11(17)7-16(2)6-9-4-3-8(12(14)18)5-10(9)13/h3-5H,6-7H2,1-2H3,(H2,14,18)(H,15,17). The summed E-state index contributed by atoms with van der Waals surface area (Å²) in [6, 6.07) is 5.45. The highest BCUT2D eigenvalue weighted by atomic mass is 35.5. The summed E-state index contributed by atoms with van der Waals surface area (Å²) in [4.78, 5) is 13.4. The van der Waals surface area contributed by atoms with Crippen LogP contribution in [0.2, 0.25) is 5.02 Å². The zero-order valence-electron chi connectivity index (χ0n) is 10.4. The lowest BCUT2D eigenvalue weighted by atomic mass is 10.1. The molecular formula is C12H16ClN3OS. The van der Waals surface area contributed by atoms with Gasteiger partial charge >= 0.3 is 0 Å². The molecule has 6 heteroatoms. The molecule has 0 aliphatic carbocycles. The third kappa shape index (κ3) is 4.25. The summed E-state index contributed by atoms with van der Waals surface area (Å²) in [6.07, 6.45) is 0. The van der Waals surface area contributed by atoms with Crippen LogP contribution in [-0.4, -0.2) is 36.4 Å². The fraction of sp³-hybridized carbons (Fsp3) is 0.333. The van der Waals surface area contributed by atoms with Crippen molar-refractivity contribution in [1.82, 2.24) is 10.2 Å². The molecule has 3 N–H and O–H groups in total. The van der Waals surface area contributed by atoms with Crippen molar-refractivity contribution in [1.29, 1.82) is 0 Å². The van der Waals surface area contributed by atoms with Gasteiger partial charge in [-0.15, -0.1) is 0 Å². The number of hydrogen-bond acceptors (Lipinski definition) is 3. The van der Waals surface area contributed by atoms with E-state index >= 15 is 0 Å². The van der Waals surface area contributed by atoms with Gasteiger partial charge < -0.3 is 11.1 Å². The predicted octanol–water partition coefficient (Wildman–Crippen LogP) is 1.15. The molecule has 0 bridgehead atoms. The molecule has 1 aromatic carbocycles. The molecule has 1 rings (SSSR count). The molecule has 0 aliphatic rings. The topological polar surface area (TPSA) is 58.4 Å². The highest BCUT2D eigenvalue weighted by molar-refractivity contribution is 7.80. The average molecular weight is 286 g/mol. The molecule has 1 amide bonds. The maximum atomic E-state index is 11.2. The second-order valence-corrected chi connectivity index (χ2v) is 4.86. The first-order valence-electron chi connectivity index (χ1n) is 5.41. The fourth-order valence-corrected chi connectivity index (χ4v) is 1.87. The Hall–Kier alpha value is -1.17. The van der Waals surface area contributed by atoms with Crippen LogP contribution in [0.5, 0.6) is 0 Å². The van der Waals surface area contributed by atoms with Crippen LogP contribution in [0.4, 0.5) is 0 Å². The van der Waals surface area contributed by atoms with Crippen molar-refractivity contribution in [2.75, 3.05) is 20.6 Å². The lowest BCUT2D eigenvalue weighted by Crippen LogP contribution is -2.32. The molecule has 0 aromatic heterocycles. The minimum Gasteiger partial charge on any atom is -0.389 e. The van der Waals surface area contributed by atoms with Gasteiger partial charge in [0.15, 0.2) is 0 Å². The number of benzene rings is 1. The number of carbonyl (C=O) groups is 1. The van der Waals surface area contributed by atoms with Gasteiger partial charge in [0.2, 0.25) is 5.91 Å². The number of hydrogen-bond donors (Lipinski definition) is 2. The summed E-state index contributed by atoms with van der Waals surface area (Å²) in [5.74, 6) is -0.0339. The lowest BCUT2D eigenvalue weighted by Gasteiger charge is -2.16. The zero-order chi connectivity index (χ0) is 13.7. The number of nitrogens with one attached hydrogen (secondary N) is 1. The molecule has 0 saturated heterocycles. The van der Waals surface area contributed by atoms with Crippen molar-refractivity contribution in [3.63, 3.8) is 0 Å². The van der Waals surface area contributed by atoms with E-state index in [-0.39, 0.29) is 5.91 Å². The van der Waals surface area contributed by atoms with Gasteiger partial charge in [0, 0.05) is 24.2 Å². The van der Waals surface area contributed by atoms with Gasteiger partial charge in [-0.1, -0.05) is 36.0 Å². The van der Waals surface area contributed by atoms with Gasteiger partial charge in [-0.05, 0) is 18.7 Å². The van der Waals surface area contributed by atoms with Gasteiger partial charge in [0.1, 0.15) is 4.99 Å². The normalized spacial score (nSPS) is 10.4. The van der Waals surface area contributed by atoms with Crippen LogP contribution in [0.3, 0.4) is 0 Å². The van der Waals surface area contributed by atoms with Crippen LogP contribution in [0.15, 0.2) is 18.2 Å². The number of halogens is 1.